The molecule has 0 spiro atoms. The average Bonchev–Trinajstić information content (AvgIpc) is 2.17. The lowest BCUT2D eigenvalue weighted by Crippen LogP contribution is -2.38. The summed E-state index contributed by atoms with van der Waals surface area (Å²) >= 11 is 2.17. The summed E-state index contributed by atoms with van der Waals surface area (Å²) in [6, 6.07) is 5.62. The Labute approximate surface area is 111 Å². The van der Waals surface area contributed by atoms with Gasteiger partial charge in [0.15, 0.2) is 0 Å². The fraction of sp³-hybridized carbons (Fsp3) is 0.500. The Morgan fingerprint density at radius 1 is 1.44 bits per heavy atom. The van der Waals surface area contributed by atoms with Gasteiger partial charge in [0.05, 0.1) is 6.10 Å². The van der Waals surface area contributed by atoms with Crippen LogP contribution in [0.2, 0.25) is 0 Å². The predicted octanol–water partition coefficient (Wildman–Crippen LogP) is 2.29. The first-order valence-corrected chi connectivity index (χ1v) is 6.35. The van der Waals surface area contributed by atoms with Gasteiger partial charge >= 0.3 is 0 Å². The standard InChI is InChI=1S/C12H19IN2O/c1-12(2,3)15-7-11(16)8-4-5-10(14)9(13)6-8/h4-6,11,15-16H,7,14H2,1-3H3. The summed E-state index contributed by atoms with van der Waals surface area (Å²) in [4.78, 5) is 0. The molecule has 0 bridgehead atoms. The van der Waals surface area contributed by atoms with Crippen molar-refractivity contribution in [3.05, 3.63) is 27.3 Å². The van der Waals surface area contributed by atoms with E-state index >= 15 is 0 Å². The molecule has 3 nitrogen and oxygen atoms in total. The number of β-amino-alcohol motifs (C(OH)–C–C–N with tert-alkyl or cyclic N) is 1. The van der Waals surface area contributed by atoms with Crippen molar-refractivity contribution in [1.82, 2.24) is 5.32 Å². The number of nitrogen functional groups attached to an aromatic ring is 1. The molecule has 0 saturated heterocycles. The molecule has 1 rings (SSSR count). The summed E-state index contributed by atoms with van der Waals surface area (Å²) in [7, 11) is 0. The van der Waals surface area contributed by atoms with Crippen LogP contribution in [0.3, 0.4) is 0 Å². The van der Waals surface area contributed by atoms with E-state index in [1.54, 1.807) is 0 Å². The Morgan fingerprint density at radius 2 is 2.06 bits per heavy atom. The van der Waals surface area contributed by atoms with E-state index in [9.17, 15) is 5.11 Å². The smallest absolute Gasteiger partial charge is 0.0914 e. The summed E-state index contributed by atoms with van der Waals surface area (Å²) in [5.41, 5.74) is 7.39. The number of benzene rings is 1. The van der Waals surface area contributed by atoms with Gasteiger partial charge in [-0.05, 0) is 61.1 Å². The Kier molecular flexibility index (Phi) is 4.58. The SMILES string of the molecule is CC(C)(C)NCC(O)c1ccc(N)c(I)c1. The molecule has 0 aromatic heterocycles. The minimum atomic E-state index is -0.492. The van der Waals surface area contributed by atoms with Crippen molar-refractivity contribution in [2.24, 2.45) is 0 Å². The quantitative estimate of drug-likeness (QED) is 0.587. The van der Waals surface area contributed by atoms with Crippen LogP contribution in [0.1, 0.15) is 32.4 Å². The van der Waals surface area contributed by atoms with Crippen LogP contribution in [0.25, 0.3) is 0 Å². The monoisotopic (exact) mass is 334 g/mol. The summed E-state index contributed by atoms with van der Waals surface area (Å²) in [5.74, 6) is 0. The van der Waals surface area contributed by atoms with Crippen molar-refractivity contribution in [2.75, 3.05) is 12.3 Å². The number of hydrogen-bond donors (Lipinski definition) is 3. The lowest BCUT2D eigenvalue weighted by atomic mass is 10.1. The van der Waals surface area contributed by atoms with Gasteiger partial charge in [0, 0.05) is 21.3 Å². The van der Waals surface area contributed by atoms with Gasteiger partial charge in [0.2, 0.25) is 0 Å². The second-order valence-electron chi connectivity index (χ2n) is 4.93. The zero-order chi connectivity index (χ0) is 12.3. The molecule has 1 aromatic carbocycles. The second-order valence-corrected chi connectivity index (χ2v) is 6.09. The van der Waals surface area contributed by atoms with Gasteiger partial charge in [-0.15, -0.1) is 0 Å². The van der Waals surface area contributed by atoms with Crippen LogP contribution in [0, 0.1) is 3.57 Å². The molecule has 0 aliphatic rings. The molecular weight excluding hydrogens is 315 g/mol. The minimum absolute atomic E-state index is 0.0158. The second kappa shape index (κ2) is 5.33. The van der Waals surface area contributed by atoms with Crippen molar-refractivity contribution in [1.29, 1.82) is 0 Å². The van der Waals surface area contributed by atoms with E-state index in [4.69, 9.17) is 5.73 Å². The number of aliphatic hydroxyl groups excluding tert-OH is 1. The lowest BCUT2D eigenvalue weighted by molar-refractivity contribution is 0.163. The molecule has 0 amide bonds. The highest BCUT2D eigenvalue weighted by Crippen LogP contribution is 2.21. The molecule has 1 atom stereocenters. The normalized spacial score (nSPS) is 13.8. The molecule has 1 unspecified atom stereocenters. The molecule has 90 valence electrons. The first-order valence-electron chi connectivity index (χ1n) is 5.27. The maximum atomic E-state index is 9.99. The number of anilines is 1. The van der Waals surface area contributed by atoms with Crippen LogP contribution in [0.4, 0.5) is 5.69 Å². The molecule has 1 aromatic rings. The van der Waals surface area contributed by atoms with E-state index < -0.39 is 6.10 Å². The Morgan fingerprint density at radius 3 is 2.56 bits per heavy atom. The number of aliphatic hydroxyl groups is 1. The van der Waals surface area contributed by atoms with Gasteiger partial charge in [0.25, 0.3) is 0 Å². The number of nitrogens with two attached hydrogens (primary N) is 1. The lowest BCUT2D eigenvalue weighted by Gasteiger charge is -2.23. The highest BCUT2D eigenvalue weighted by molar-refractivity contribution is 14.1. The fourth-order valence-corrected chi connectivity index (χ4v) is 1.81. The third-order valence-corrected chi connectivity index (χ3v) is 3.17. The third kappa shape index (κ3) is 4.27. The van der Waals surface area contributed by atoms with Crippen molar-refractivity contribution >= 4 is 28.3 Å². The Hall–Kier alpha value is -0.330. The van der Waals surface area contributed by atoms with Gasteiger partial charge in [-0.2, -0.15) is 0 Å². The summed E-state index contributed by atoms with van der Waals surface area (Å²) in [5, 5.41) is 13.3. The van der Waals surface area contributed by atoms with E-state index in [0.717, 1.165) is 14.8 Å². The van der Waals surface area contributed by atoms with E-state index in [0.29, 0.717) is 6.54 Å². The summed E-state index contributed by atoms with van der Waals surface area (Å²) < 4.78 is 0.977. The van der Waals surface area contributed by atoms with Crippen LogP contribution in [-0.4, -0.2) is 17.2 Å². The van der Waals surface area contributed by atoms with Crippen molar-refractivity contribution in [3.8, 4) is 0 Å². The maximum Gasteiger partial charge on any atom is 0.0914 e. The molecule has 4 heteroatoms. The molecule has 0 aliphatic heterocycles. The Bertz CT molecular complexity index is 361. The van der Waals surface area contributed by atoms with Gasteiger partial charge < -0.3 is 16.2 Å². The first-order chi connectivity index (χ1) is 7.29. The van der Waals surface area contributed by atoms with Crippen LogP contribution in [0.15, 0.2) is 18.2 Å². The summed E-state index contributed by atoms with van der Waals surface area (Å²) in [6.45, 7) is 6.77. The molecule has 16 heavy (non-hydrogen) atoms. The van der Waals surface area contributed by atoms with Gasteiger partial charge in [-0.25, -0.2) is 0 Å². The topological polar surface area (TPSA) is 58.3 Å². The zero-order valence-corrected chi connectivity index (χ0v) is 12.1. The predicted molar refractivity (Wildman–Crippen MR) is 76.3 cm³/mol. The molecule has 0 saturated carbocycles. The maximum absolute atomic E-state index is 9.99. The first kappa shape index (κ1) is 13.7. The fourth-order valence-electron chi connectivity index (χ4n) is 1.27. The number of nitrogens with one attached hydrogen (secondary N) is 1. The number of rotatable bonds is 3. The molecule has 0 heterocycles. The molecule has 4 N–H and O–H groups in total. The van der Waals surface area contributed by atoms with Crippen LogP contribution in [0.5, 0.6) is 0 Å². The van der Waals surface area contributed by atoms with Gasteiger partial charge in [0.1, 0.15) is 0 Å². The van der Waals surface area contributed by atoms with Crippen molar-refractivity contribution in [2.45, 2.75) is 32.4 Å². The molecule has 0 radical (unpaired) electrons. The average molecular weight is 334 g/mol. The van der Waals surface area contributed by atoms with E-state index in [1.165, 1.54) is 0 Å². The zero-order valence-electron chi connectivity index (χ0n) is 9.92. The third-order valence-electron chi connectivity index (χ3n) is 2.24. The van der Waals surface area contributed by atoms with Crippen molar-refractivity contribution in [3.63, 3.8) is 0 Å². The van der Waals surface area contributed by atoms with Crippen LogP contribution >= 0.6 is 22.6 Å². The van der Waals surface area contributed by atoms with Crippen LogP contribution in [-0.2, 0) is 0 Å². The van der Waals surface area contributed by atoms with E-state index in [1.807, 2.05) is 18.2 Å². The van der Waals surface area contributed by atoms with Gasteiger partial charge in [-0.1, -0.05) is 6.07 Å². The van der Waals surface area contributed by atoms with Crippen molar-refractivity contribution < 1.29 is 5.11 Å². The highest BCUT2D eigenvalue weighted by atomic mass is 127. The highest BCUT2D eigenvalue weighted by Gasteiger charge is 2.14. The molecular formula is C12H19IN2O. The largest absolute Gasteiger partial charge is 0.398 e. The minimum Gasteiger partial charge on any atom is -0.398 e. The van der Waals surface area contributed by atoms with E-state index in [-0.39, 0.29) is 5.54 Å². The number of halogens is 1. The Balaban J connectivity index is 2.66. The molecule has 0 aliphatic carbocycles. The molecule has 0 fully saturated rings. The van der Waals surface area contributed by atoms with Gasteiger partial charge in [-0.3, -0.25) is 0 Å². The summed E-state index contributed by atoms with van der Waals surface area (Å²) in [6.07, 6.45) is -0.492. The van der Waals surface area contributed by atoms with Crippen LogP contribution < -0.4 is 11.1 Å². The van der Waals surface area contributed by atoms with E-state index in [2.05, 4.69) is 48.7 Å². The number of hydrogen-bond acceptors (Lipinski definition) is 3.